The summed E-state index contributed by atoms with van der Waals surface area (Å²) in [6.07, 6.45) is 3.26. The predicted octanol–water partition coefficient (Wildman–Crippen LogP) is 2.26. The number of aliphatic hydroxyl groups is 1. The molecule has 1 heterocycles. The van der Waals surface area contributed by atoms with Crippen LogP contribution in [0.25, 0.3) is 0 Å². The molecule has 0 radical (unpaired) electrons. The highest BCUT2D eigenvalue weighted by atomic mass is 16.5. The molecule has 1 aromatic rings. The number of ether oxygens (including phenoxy) is 1. The van der Waals surface area contributed by atoms with E-state index in [-0.39, 0.29) is 0 Å². The van der Waals surface area contributed by atoms with E-state index in [0.717, 1.165) is 31.7 Å². The number of likely N-dealkylation sites (tertiary alicyclic amines) is 1. The number of benzene rings is 1. The average molecular weight is 249 g/mol. The summed E-state index contributed by atoms with van der Waals surface area (Å²) < 4.78 is 5.18. The van der Waals surface area contributed by atoms with Gasteiger partial charge in [-0.3, -0.25) is 0 Å². The van der Waals surface area contributed by atoms with Crippen LogP contribution in [0.1, 0.15) is 30.7 Å². The number of hydrogen-bond donors (Lipinski definition) is 1. The van der Waals surface area contributed by atoms with Crippen molar-refractivity contribution in [1.82, 2.24) is 4.90 Å². The maximum absolute atomic E-state index is 8.79. The molecule has 1 aliphatic heterocycles. The molecule has 0 aromatic heterocycles. The van der Waals surface area contributed by atoms with Crippen molar-refractivity contribution in [2.75, 3.05) is 33.4 Å². The normalized spacial score (nSPS) is 20.2. The highest BCUT2D eigenvalue weighted by molar-refractivity contribution is 5.30. The van der Waals surface area contributed by atoms with E-state index in [2.05, 4.69) is 17.0 Å². The van der Waals surface area contributed by atoms with Crippen LogP contribution in [-0.4, -0.2) is 43.4 Å². The van der Waals surface area contributed by atoms with Crippen molar-refractivity contribution in [3.05, 3.63) is 29.8 Å². The Hall–Kier alpha value is -1.06. The van der Waals surface area contributed by atoms with Gasteiger partial charge in [-0.05, 0) is 56.0 Å². The van der Waals surface area contributed by atoms with Gasteiger partial charge in [-0.1, -0.05) is 12.1 Å². The molecule has 3 heteroatoms. The maximum Gasteiger partial charge on any atom is 0.118 e. The van der Waals surface area contributed by atoms with Crippen molar-refractivity contribution in [2.24, 2.45) is 0 Å². The van der Waals surface area contributed by atoms with Crippen molar-refractivity contribution >= 4 is 0 Å². The monoisotopic (exact) mass is 249 g/mol. The molecular weight excluding hydrogens is 226 g/mol. The standard InChI is InChI=1S/C15H23NO2/c1-18-15-6-4-13(5-7-15)14-8-10-16(12-14)9-2-3-11-17/h4-7,14,17H,2-3,8-12H2,1H3. The first-order valence-electron chi connectivity index (χ1n) is 6.80. The summed E-state index contributed by atoms with van der Waals surface area (Å²) in [4.78, 5) is 2.50. The second kappa shape index (κ2) is 6.76. The van der Waals surface area contributed by atoms with Crippen LogP contribution in [0, 0.1) is 0 Å². The zero-order valence-electron chi connectivity index (χ0n) is 11.1. The van der Waals surface area contributed by atoms with Crippen LogP contribution in [0.5, 0.6) is 5.75 Å². The van der Waals surface area contributed by atoms with Gasteiger partial charge < -0.3 is 14.7 Å². The van der Waals surface area contributed by atoms with E-state index < -0.39 is 0 Å². The summed E-state index contributed by atoms with van der Waals surface area (Å²) in [5, 5.41) is 8.79. The lowest BCUT2D eigenvalue weighted by molar-refractivity contribution is 0.263. The fraction of sp³-hybridized carbons (Fsp3) is 0.600. The molecule has 0 saturated carbocycles. The van der Waals surface area contributed by atoms with E-state index in [9.17, 15) is 0 Å². The number of methoxy groups -OCH3 is 1. The minimum absolute atomic E-state index is 0.315. The van der Waals surface area contributed by atoms with Gasteiger partial charge in [-0.25, -0.2) is 0 Å². The van der Waals surface area contributed by atoms with E-state index >= 15 is 0 Å². The summed E-state index contributed by atoms with van der Waals surface area (Å²) >= 11 is 0. The number of rotatable bonds is 6. The Labute approximate surface area is 109 Å². The fourth-order valence-corrected chi connectivity index (χ4v) is 2.63. The molecule has 1 aromatic carbocycles. The summed E-state index contributed by atoms with van der Waals surface area (Å²) in [6, 6.07) is 8.45. The zero-order valence-corrected chi connectivity index (χ0v) is 11.1. The van der Waals surface area contributed by atoms with Gasteiger partial charge in [-0.15, -0.1) is 0 Å². The molecule has 1 atom stereocenters. The molecule has 1 N–H and O–H groups in total. The SMILES string of the molecule is COc1ccc(C2CCN(CCCCO)C2)cc1. The lowest BCUT2D eigenvalue weighted by atomic mass is 9.98. The zero-order chi connectivity index (χ0) is 12.8. The third kappa shape index (κ3) is 3.47. The Bertz CT molecular complexity index is 350. The van der Waals surface area contributed by atoms with Gasteiger partial charge in [0.05, 0.1) is 7.11 Å². The summed E-state index contributed by atoms with van der Waals surface area (Å²) in [5.74, 6) is 1.58. The summed E-state index contributed by atoms with van der Waals surface area (Å²) in [6.45, 7) is 3.77. The maximum atomic E-state index is 8.79. The van der Waals surface area contributed by atoms with Gasteiger partial charge in [0.15, 0.2) is 0 Å². The second-order valence-corrected chi connectivity index (χ2v) is 4.99. The molecule has 100 valence electrons. The second-order valence-electron chi connectivity index (χ2n) is 4.99. The van der Waals surface area contributed by atoms with E-state index in [0.29, 0.717) is 12.5 Å². The molecule has 0 spiro atoms. The van der Waals surface area contributed by atoms with Crippen molar-refractivity contribution < 1.29 is 9.84 Å². The Balaban J connectivity index is 1.83. The van der Waals surface area contributed by atoms with Gasteiger partial charge in [0.2, 0.25) is 0 Å². The number of unbranched alkanes of at least 4 members (excludes halogenated alkanes) is 1. The molecule has 1 saturated heterocycles. The van der Waals surface area contributed by atoms with Gasteiger partial charge >= 0.3 is 0 Å². The van der Waals surface area contributed by atoms with E-state index in [1.807, 2.05) is 12.1 Å². The molecular formula is C15H23NO2. The van der Waals surface area contributed by atoms with Crippen molar-refractivity contribution in [2.45, 2.75) is 25.2 Å². The van der Waals surface area contributed by atoms with Gasteiger partial charge in [0, 0.05) is 13.2 Å². The first kappa shape index (κ1) is 13.4. The Kier molecular flexibility index (Phi) is 5.02. The number of hydrogen-bond acceptors (Lipinski definition) is 3. The highest BCUT2D eigenvalue weighted by Gasteiger charge is 2.23. The first-order valence-corrected chi connectivity index (χ1v) is 6.80. The summed E-state index contributed by atoms with van der Waals surface area (Å²) in [7, 11) is 1.70. The predicted molar refractivity (Wildman–Crippen MR) is 73.1 cm³/mol. The third-order valence-electron chi connectivity index (χ3n) is 3.74. The Morgan fingerprint density at radius 3 is 2.72 bits per heavy atom. The van der Waals surface area contributed by atoms with Crippen LogP contribution in [0.15, 0.2) is 24.3 Å². The first-order chi connectivity index (χ1) is 8.83. The molecule has 2 rings (SSSR count). The lowest BCUT2D eigenvalue weighted by Gasteiger charge is -2.15. The smallest absolute Gasteiger partial charge is 0.118 e. The topological polar surface area (TPSA) is 32.7 Å². The van der Waals surface area contributed by atoms with Gasteiger partial charge in [-0.2, -0.15) is 0 Å². The van der Waals surface area contributed by atoms with Crippen molar-refractivity contribution in [3.63, 3.8) is 0 Å². The van der Waals surface area contributed by atoms with Crippen molar-refractivity contribution in [1.29, 1.82) is 0 Å². The molecule has 3 nitrogen and oxygen atoms in total. The molecule has 1 aliphatic rings. The largest absolute Gasteiger partial charge is 0.497 e. The van der Waals surface area contributed by atoms with Crippen LogP contribution in [0.3, 0.4) is 0 Å². The molecule has 0 bridgehead atoms. The van der Waals surface area contributed by atoms with Crippen LogP contribution in [-0.2, 0) is 0 Å². The minimum atomic E-state index is 0.315. The molecule has 1 unspecified atom stereocenters. The number of nitrogens with zero attached hydrogens (tertiary/aromatic N) is 1. The number of aliphatic hydroxyl groups excluding tert-OH is 1. The Morgan fingerprint density at radius 2 is 2.06 bits per heavy atom. The van der Waals surface area contributed by atoms with E-state index in [4.69, 9.17) is 9.84 Å². The van der Waals surface area contributed by atoms with E-state index in [1.165, 1.54) is 18.5 Å². The van der Waals surface area contributed by atoms with Crippen LogP contribution >= 0.6 is 0 Å². The third-order valence-corrected chi connectivity index (χ3v) is 3.74. The quantitative estimate of drug-likeness (QED) is 0.785. The van der Waals surface area contributed by atoms with Crippen LogP contribution in [0.2, 0.25) is 0 Å². The minimum Gasteiger partial charge on any atom is -0.497 e. The molecule has 1 fully saturated rings. The van der Waals surface area contributed by atoms with E-state index in [1.54, 1.807) is 7.11 Å². The molecule has 0 aliphatic carbocycles. The Morgan fingerprint density at radius 1 is 1.28 bits per heavy atom. The van der Waals surface area contributed by atoms with Gasteiger partial charge in [0.1, 0.15) is 5.75 Å². The van der Waals surface area contributed by atoms with Crippen LogP contribution in [0.4, 0.5) is 0 Å². The molecule has 0 amide bonds. The lowest BCUT2D eigenvalue weighted by Crippen LogP contribution is -2.21. The highest BCUT2D eigenvalue weighted by Crippen LogP contribution is 2.28. The van der Waals surface area contributed by atoms with Gasteiger partial charge in [0.25, 0.3) is 0 Å². The van der Waals surface area contributed by atoms with Crippen molar-refractivity contribution in [3.8, 4) is 5.75 Å². The fourth-order valence-electron chi connectivity index (χ4n) is 2.63. The molecule has 18 heavy (non-hydrogen) atoms. The van der Waals surface area contributed by atoms with Crippen LogP contribution < -0.4 is 4.74 Å². The summed E-state index contributed by atoms with van der Waals surface area (Å²) in [5.41, 5.74) is 1.42. The average Bonchev–Trinajstić information content (AvgIpc) is 2.88.